The van der Waals surface area contributed by atoms with Gasteiger partial charge in [0.2, 0.25) is 0 Å². The first-order valence-corrected chi connectivity index (χ1v) is 5.51. The summed E-state index contributed by atoms with van der Waals surface area (Å²) < 4.78 is 4.56. The van der Waals surface area contributed by atoms with Crippen LogP contribution in [-0.4, -0.2) is 7.11 Å². The average Bonchev–Trinajstić information content (AvgIpc) is 1.41. The highest BCUT2D eigenvalue weighted by molar-refractivity contribution is 14.2. The molecule has 0 aliphatic heterocycles. The molecule has 1 nitrogen and oxygen atoms in total. The molecule has 0 bridgehead atoms. The third-order valence-corrected chi connectivity index (χ3v) is 2.17. The molecule has 0 aromatic heterocycles. The smallest absolute Gasteiger partial charge is 0.0732 e. The Balaban J connectivity index is 2.19. The van der Waals surface area contributed by atoms with Crippen molar-refractivity contribution in [1.29, 1.82) is 0 Å². The van der Waals surface area contributed by atoms with Gasteiger partial charge in [0.1, 0.15) is 0 Å². The van der Waals surface area contributed by atoms with Gasteiger partial charge in [-0.3, -0.25) is 0 Å². The molecule has 0 fully saturated rings. The molecular weight excluding hydrogens is 219 g/mol. The standard InChI is InChI=1S/CH3IOS2/c1-3-5-4-2/h1H3. The summed E-state index contributed by atoms with van der Waals surface area (Å²) in [5.41, 5.74) is 0. The van der Waals surface area contributed by atoms with Gasteiger partial charge in [0.25, 0.3) is 0 Å². The minimum absolute atomic E-state index is 1.37. The van der Waals surface area contributed by atoms with E-state index in [9.17, 15) is 0 Å². The molecule has 5 heavy (non-hydrogen) atoms. The van der Waals surface area contributed by atoms with Crippen molar-refractivity contribution in [1.82, 2.24) is 0 Å². The fourth-order valence-electron chi connectivity index (χ4n) is 0.0257. The van der Waals surface area contributed by atoms with Gasteiger partial charge in [-0.1, -0.05) is 0 Å². The molecule has 0 radical (unpaired) electrons. The van der Waals surface area contributed by atoms with Crippen molar-refractivity contribution in [2.45, 2.75) is 0 Å². The Morgan fingerprint density at radius 3 is 2.40 bits per heavy atom. The lowest BCUT2D eigenvalue weighted by Gasteiger charge is -1.79. The van der Waals surface area contributed by atoms with Crippen LogP contribution in [0.2, 0.25) is 0 Å². The lowest BCUT2D eigenvalue weighted by atomic mass is 11.8. The molecule has 0 amide bonds. The summed E-state index contributed by atoms with van der Waals surface area (Å²) in [5, 5.41) is 0. The molecule has 32 valence electrons. The van der Waals surface area contributed by atoms with E-state index in [1.165, 1.54) is 11.1 Å². The van der Waals surface area contributed by atoms with Crippen LogP contribution in [0.15, 0.2) is 0 Å². The minimum atomic E-state index is 1.37. The van der Waals surface area contributed by atoms with Crippen LogP contribution in [0.1, 0.15) is 0 Å². The maximum absolute atomic E-state index is 4.56. The van der Waals surface area contributed by atoms with E-state index in [2.05, 4.69) is 25.4 Å². The molecule has 0 aromatic rings. The van der Waals surface area contributed by atoms with Crippen molar-refractivity contribution in [2.24, 2.45) is 0 Å². The van der Waals surface area contributed by atoms with Gasteiger partial charge < -0.3 is 4.18 Å². The third kappa shape index (κ3) is 5.39. The number of halogens is 1. The predicted molar refractivity (Wildman–Crippen MR) is 36.2 cm³/mol. The molecule has 0 N–H and O–H groups in total. The van der Waals surface area contributed by atoms with E-state index in [4.69, 9.17) is 0 Å². The molecule has 0 heterocycles. The molecule has 0 unspecified atom stereocenters. The summed E-state index contributed by atoms with van der Waals surface area (Å²) in [6, 6.07) is 0. The van der Waals surface area contributed by atoms with Crippen LogP contribution in [0.5, 0.6) is 0 Å². The zero-order valence-electron chi connectivity index (χ0n) is 2.60. The quantitative estimate of drug-likeness (QED) is 0.403. The van der Waals surface area contributed by atoms with Crippen molar-refractivity contribution in [3.63, 3.8) is 0 Å². The third-order valence-electron chi connectivity index (χ3n) is 0.0938. The summed E-state index contributed by atoms with van der Waals surface area (Å²) in [6.07, 6.45) is 0. The van der Waals surface area contributed by atoms with Crippen LogP contribution in [0.4, 0.5) is 0 Å². The normalized spacial score (nSPS) is 8.40. The van der Waals surface area contributed by atoms with Crippen molar-refractivity contribution in [3.05, 3.63) is 0 Å². The average molecular weight is 222 g/mol. The van der Waals surface area contributed by atoms with Crippen molar-refractivity contribution in [2.75, 3.05) is 7.11 Å². The van der Waals surface area contributed by atoms with Crippen molar-refractivity contribution >= 4 is 40.2 Å². The van der Waals surface area contributed by atoms with Gasteiger partial charge in [-0.15, -0.1) is 0 Å². The molecule has 0 aromatic carbocycles. The highest BCUT2D eigenvalue weighted by Gasteiger charge is 1.70. The second-order valence-electron chi connectivity index (χ2n) is 0.298. The van der Waals surface area contributed by atoms with Gasteiger partial charge in [0, 0.05) is 29.2 Å². The number of rotatable bonds is 2. The zero-order chi connectivity index (χ0) is 4.12. The topological polar surface area (TPSA) is 9.23 Å². The highest BCUT2D eigenvalue weighted by atomic mass is 127. The first kappa shape index (κ1) is 6.39. The zero-order valence-corrected chi connectivity index (χ0v) is 6.39. The van der Waals surface area contributed by atoms with Crippen LogP contribution in [0, 0.1) is 0 Å². The molecule has 0 saturated carbocycles. The van der Waals surface area contributed by atoms with E-state index >= 15 is 0 Å². The molecule has 0 spiro atoms. The molecular formula is CH3IOS2. The van der Waals surface area contributed by atoms with Crippen molar-refractivity contribution < 1.29 is 4.18 Å². The molecule has 0 rings (SSSR count). The second-order valence-corrected chi connectivity index (χ2v) is 4.92. The first-order chi connectivity index (χ1) is 2.41. The van der Waals surface area contributed by atoms with Gasteiger partial charge >= 0.3 is 0 Å². The molecule has 0 aliphatic rings. The Kier molecular flexibility index (Phi) is 6.89. The maximum atomic E-state index is 4.56. The Morgan fingerprint density at radius 2 is 2.40 bits per heavy atom. The predicted octanol–water partition coefficient (Wildman–Crippen LogP) is 2.28. The van der Waals surface area contributed by atoms with Crippen LogP contribution in [-0.2, 0) is 4.18 Å². The lowest BCUT2D eigenvalue weighted by molar-refractivity contribution is 0.498. The highest BCUT2D eigenvalue weighted by Crippen LogP contribution is 2.27. The lowest BCUT2D eigenvalue weighted by Crippen LogP contribution is -1.49. The van der Waals surface area contributed by atoms with Gasteiger partial charge in [0.05, 0.1) is 18.2 Å². The fraction of sp³-hybridized carbons (Fsp3) is 1.00. The Bertz CT molecular complexity index is 17.1. The minimum Gasteiger partial charge on any atom is -0.308 e. The van der Waals surface area contributed by atoms with Crippen LogP contribution >= 0.6 is 40.2 Å². The Morgan fingerprint density at radius 1 is 1.80 bits per heavy atom. The summed E-state index contributed by atoms with van der Waals surface area (Å²) in [7, 11) is 3.22. The Hall–Kier alpha value is 1.39. The summed E-state index contributed by atoms with van der Waals surface area (Å²) >= 11 is 3.51. The van der Waals surface area contributed by atoms with Crippen LogP contribution in [0.25, 0.3) is 0 Å². The maximum Gasteiger partial charge on any atom is 0.0732 e. The molecule has 4 heteroatoms. The molecule has 0 saturated heterocycles. The first-order valence-electron chi connectivity index (χ1n) is 0.896. The largest absolute Gasteiger partial charge is 0.308 e. The van der Waals surface area contributed by atoms with Gasteiger partial charge in [-0.05, 0) is 0 Å². The molecule has 0 aliphatic carbocycles. The van der Waals surface area contributed by atoms with E-state index in [0.29, 0.717) is 0 Å². The van der Waals surface area contributed by atoms with Gasteiger partial charge in [0.15, 0.2) is 0 Å². The SMILES string of the molecule is COSSI. The van der Waals surface area contributed by atoms with E-state index < -0.39 is 0 Å². The second kappa shape index (κ2) is 5.39. The van der Waals surface area contributed by atoms with Gasteiger partial charge in [-0.2, -0.15) is 0 Å². The monoisotopic (exact) mass is 222 g/mol. The van der Waals surface area contributed by atoms with E-state index in [1.54, 1.807) is 15.1 Å². The van der Waals surface area contributed by atoms with Gasteiger partial charge in [-0.25, -0.2) is 0 Å². The van der Waals surface area contributed by atoms with E-state index in [-0.39, 0.29) is 0 Å². The summed E-state index contributed by atoms with van der Waals surface area (Å²) in [6.45, 7) is 0. The van der Waals surface area contributed by atoms with Crippen LogP contribution < -0.4 is 0 Å². The summed E-state index contributed by atoms with van der Waals surface area (Å²) in [5.74, 6) is 0. The summed E-state index contributed by atoms with van der Waals surface area (Å²) in [4.78, 5) is 0. The Labute approximate surface area is 51.4 Å². The van der Waals surface area contributed by atoms with Crippen LogP contribution in [0.3, 0.4) is 0 Å². The van der Waals surface area contributed by atoms with Crippen molar-refractivity contribution in [3.8, 4) is 0 Å². The van der Waals surface area contributed by atoms with E-state index in [0.717, 1.165) is 0 Å². The molecule has 0 atom stereocenters. The number of hydrogen-bond acceptors (Lipinski definition) is 3. The number of hydrogen-bond donors (Lipinski definition) is 0. The van der Waals surface area contributed by atoms with E-state index in [1.807, 2.05) is 0 Å². The fourth-order valence-corrected chi connectivity index (χ4v) is 1.55.